The van der Waals surface area contributed by atoms with E-state index < -0.39 is 23.8 Å². The highest BCUT2D eigenvalue weighted by atomic mass is 79.9. The minimum atomic E-state index is -0.908. The first kappa shape index (κ1) is 23.0. The normalized spacial score (nSPS) is 12.7. The van der Waals surface area contributed by atoms with Crippen LogP contribution < -0.4 is 5.32 Å². The number of alkyl halides is 1. The lowest BCUT2D eigenvalue weighted by Gasteiger charge is -2.12. The summed E-state index contributed by atoms with van der Waals surface area (Å²) < 4.78 is 0. The van der Waals surface area contributed by atoms with Crippen LogP contribution in [0.4, 0.5) is 0 Å². The van der Waals surface area contributed by atoms with Gasteiger partial charge in [-0.2, -0.15) is 0 Å². The fourth-order valence-electron chi connectivity index (χ4n) is 1.85. The van der Waals surface area contributed by atoms with E-state index in [0.717, 1.165) is 0 Å². The number of carboxylic acid groups (broad SMARTS) is 1. The Morgan fingerprint density at radius 3 is 2.18 bits per heavy atom. The first-order valence-corrected chi connectivity index (χ1v) is 9.08. The molecule has 0 aromatic heterocycles. The van der Waals surface area contributed by atoms with Crippen molar-refractivity contribution in [1.82, 2.24) is 10.4 Å². The molecule has 1 aromatic rings. The highest BCUT2D eigenvalue weighted by Gasteiger charge is 2.33. The fraction of sp³-hybridized carbons (Fsp3) is 0.294. The Morgan fingerprint density at radius 1 is 1.14 bits per heavy atom. The van der Waals surface area contributed by atoms with Crippen molar-refractivity contribution in [3.63, 3.8) is 0 Å². The van der Waals surface area contributed by atoms with Crippen molar-refractivity contribution in [2.75, 3.05) is 11.9 Å². The average molecular weight is 457 g/mol. The van der Waals surface area contributed by atoms with Crippen LogP contribution in [0.15, 0.2) is 24.3 Å². The Kier molecular flexibility index (Phi) is 9.51. The lowest BCUT2D eigenvalue weighted by Crippen LogP contribution is -2.32. The predicted molar refractivity (Wildman–Crippen MR) is 97.4 cm³/mol. The molecule has 1 aromatic carbocycles. The molecule has 1 fully saturated rings. The number of amides is 3. The van der Waals surface area contributed by atoms with Gasteiger partial charge < -0.3 is 15.3 Å². The van der Waals surface area contributed by atoms with Crippen molar-refractivity contribution >= 4 is 51.9 Å². The number of nitrogens with zero attached hydrogens (tertiary/aromatic N) is 1. The van der Waals surface area contributed by atoms with Gasteiger partial charge in [0.2, 0.25) is 5.91 Å². The topological polar surface area (TPSA) is 147 Å². The molecule has 0 bridgehead atoms. The molecule has 0 unspecified atom stereocenters. The standard InChI is InChI=1S/C12H9NO5.C5H8BrNO3/c14-7-8-1-3-9(4-2-8)12(17)18-13-10(15)5-6-11(13)16;6-3-4(8)7-2-1-5(9)10/h1-4,7H,5-6H2;1-3H2,(H,7,8)(H,9,10). The number of aldehydes is 1. The van der Waals surface area contributed by atoms with E-state index in [2.05, 4.69) is 21.2 Å². The van der Waals surface area contributed by atoms with Gasteiger partial charge in [-0.3, -0.25) is 24.0 Å². The Balaban J connectivity index is 0.000000336. The summed E-state index contributed by atoms with van der Waals surface area (Å²) in [6.07, 6.45) is 0.716. The van der Waals surface area contributed by atoms with Gasteiger partial charge in [-0.05, 0) is 12.1 Å². The number of nitrogens with one attached hydrogen (secondary N) is 1. The Morgan fingerprint density at radius 2 is 1.71 bits per heavy atom. The van der Waals surface area contributed by atoms with Gasteiger partial charge in [0.15, 0.2) is 0 Å². The third kappa shape index (κ3) is 7.66. The van der Waals surface area contributed by atoms with Crippen molar-refractivity contribution in [2.24, 2.45) is 0 Å². The molecular formula is C17H17BrN2O8. The molecule has 0 aliphatic carbocycles. The first-order chi connectivity index (χ1) is 13.3. The summed E-state index contributed by atoms with van der Waals surface area (Å²) in [6.45, 7) is 0.194. The van der Waals surface area contributed by atoms with Crippen LogP contribution in [0.2, 0.25) is 0 Å². The molecule has 2 N–H and O–H groups in total. The van der Waals surface area contributed by atoms with Crippen LogP contribution in [-0.4, -0.2) is 58.0 Å². The van der Waals surface area contributed by atoms with E-state index in [-0.39, 0.29) is 42.6 Å². The van der Waals surface area contributed by atoms with Gasteiger partial charge >= 0.3 is 11.9 Å². The van der Waals surface area contributed by atoms with E-state index in [4.69, 9.17) is 9.94 Å². The van der Waals surface area contributed by atoms with Crippen molar-refractivity contribution in [2.45, 2.75) is 19.3 Å². The van der Waals surface area contributed by atoms with Gasteiger partial charge in [-0.1, -0.05) is 28.1 Å². The summed E-state index contributed by atoms with van der Waals surface area (Å²) in [5.41, 5.74) is 0.577. The molecule has 28 heavy (non-hydrogen) atoms. The quantitative estimate of drug-likeness (QED) is 0.346. The van der Waals surface area contributed by atoms with E-state index in [1.807, 2.05) is 0 Å². The van der Waals surface area contributed by atoms with Crippen molar-refractivity contribution in [3.05, 3.63) is 35.4 Å². The lowest BCUT2D eigenvalue weighted by atomic mass is 10.1. The number of hydrogen-bond donors (Lipinski definition) is 2. The number of hydrogen-bond acceptors (Lipinski definition) is 7. The van der Waals surface area contributed by atoms with Gasteiger partial charge in [0, 0.05) is 24.9 Å². The van der Waals surface area contributed by atoms with E-state index in [1.165, 1.54) is 24.3 Å². The monoisotopic (exact) mass is 456 g/mol. The largest absolute Gasteiger partial charge is 0.481 e. The fourth-order valence-corrected chi connectivity index (χ4v) is 2.05. The van der Waals surface area contributed by atoms with Crippen LogP contribution in [0.3, 0.4) is 0 Å². The molecule has 2 rings (SSSR count). The van der Waals surface area contributed by atoms with Crippen molar-refractivity contribution in [1.29, 1.82) is 0 Å². The average Bonchev–Trinajstić information content (AvgIpc) is 3.00. The molecule has 0 spiro atoms. The van der Waals surface area contributed by atoms with E-state index >= 15 is 0 Å². The lowest BCUT2D eigenvalue weighted by molar-refractivity contribution is -0.172. The number of imide groups is 1. The SMILES string of the molecule is O=C(O)CCNC(=O)CBr.O=Cc1ccc(C(=O)ON2C(=O)CCC2=O)cc1. The highest BCUT2D eigenvalue weighted by molar-refractivity contribution is 9.09. The summed E-state index contributed by atoms with van der Waals surface area (Å²) in [5, 5.41) is 11.2. The van der Waals surface area contributed by atoms with Gasteiger partial charge in [0.05, 0.1) is 17.3 Å². The van der Waals surface area contributed by atoms with Crippen LogP contribution in [0.5, 0.6) is 0 Å². The number of aliphatic carboxylic acids is 1. The first-order valence-electron chi connectivity index (χ1n) is 7.96. The van der Waals surface area contributed by atoms with E-state index in [0.29, 0.717) is 16.9 Å². The van der Waals surface area contributed by atoms with Crippen LogP contribution in [0, 0.1) is 0 Å². The zero-order valence-electron chi connectivity index (χ0n) is 14.6. The number of carbonyl (C=O) groups is 6. The maximum absolute atomic E-state index is 11.6. The molecule has 1 aliphatic rings. The molecule has 1 aliphatic heterocycles. The Hall–Kier alpha value is -3.08. The molecule has 1 saturated heterocycles. The second-order valence-electron chi connectivity index (χ2n) is 5.33. The molecule has 11 heteroatoms. The zero-order valence-corrected chi connectivity index (χ0v) is 16.1. The molecule has 3 amide bonds. The van der Waals surface area contributed by atoms with Crippen LogP contribution in [0.1, 0.15) is 40.0 Å². The molecule has 0 radical (unpaired) electrons. The maximum atomic E-state index is 11.6. The van der Waals surface area contributed by atoms with Crippen molar-refractivity contribution in [3.8, 4) is 0 Å². The van der Waals surface area contributed by atoms with Gasteiger partial charge in [0.25, 0.3) is 11.8 Å². The van der Waals surface area contributed by atoms with E-state index in [1.54, 1.807) is 0 Å². The highest BCUT2D eigenvalue weighted by Crippen LogP contribution is 2.14. The molecule has 0 atom stereocenters. The summed E-state index contributed by atoms with van der Waals surface area (Å²) in [4.78, 5) is 69.6. The third-order valence-electron chi connectivity index (χ3n) is 3.24. The molecule has 150 valence electrons. The maximum Gasteiger partial charge on any atom is 0.363 e. The number of halogens is 1. The Bertz CT molecular complexity index is 747. The van der Waals surface area contributed by atoms with Crippen LogP contribution >= 0.6 is 15.9 Å². The van der Waals surface area contributed by atoms with Crippen molar-refractivity contribution < 1.29 is 38.7 Å². The number of rotatable bonds is 7. The Labute approximate surface area is 167 Å². The molecule has 1 heterocycles. The summed E-state index contributed by atoms with van der Waals surface area (Å²) in [6, 6.07) is 5.66. The number of benzene rings is 1. The second-order valence-corrected chi connectivity index (χ2v) is 5.89. The van der Waals surface area contributed by atoms with E-state index in [9.17, 15) is 28.8 Å². The summed E-state index contributed by atoms with van der Waals surface area (Å²) in [5.74, 6) is -2.97. The van der Waals surface area contributed by atoms with Crippen LogP contribution in [0.25, 0.3) is 0 Å². The molecule has 10 nitrogen and oxygen atoms in total. The predicted octanol–water partition coefficient (Wildman–Crippen LogP) is 0.692. The molecular weight excluding hydrogens is 440 g/mol. The second kappa shape index (κ2) is 11.6. The zero-order chi connectivity index (χ0) is 21.1. The van der Waals surface area contributed by atoms with Gasteiger partial charge in [-0.15, -0.1) is 5.06 Å². The third-order valence-corrected chi connectivity index (χ3v) is 3.75. The molecule has 0 saturated carbocycles. The smallest absolute Gasteiger partial charge is 0.363 e. The summed E-state index contributed by atoms with van der Waals surface area (Å²) >= 11 is 2.92. The number of carbonyl (C=O) groups excluding carboxylic acids is 5. The van der Waals surface area contributed by atoms with Crippen LogP contribution in [-0.2, 0) is 24.0 Å². The number of carboxylic acids is 1. The van der Waals surface area contributed by atoms with Gasteiger partial charge in [-0.25, -0.2) is 4.79 Å². The minimum absolute atomic E-state index is 0.0290. The van der Waals surface area contributed by atoms with Gasteiger partial charge in [0.1, 0.15) is 6.29 Å². The number of hydroxylamine groups is 2. The minimum Gasteiger partial charge on any atom is -0.481 e. The summed E-state index contributed by atoms with van der Waals surface area (Å²) in [7, 11) is 0.